The Balaban J connectivity index is 2.34. The number of unbranched alkanes of at least 4 members (excludes halogenated alkanes) is 4. The van der Waals surface area contributed by atoms with E-state index in [2.05, 4.69) is 41.5 Å². The molecular formula is C32H54O6. The van der Waals surface area contributed by atoms with Gasteiger partial charge in [-0.25, -0.2) is 9.59 Å². The zero-order valence-corrected chi connectivity index (χ0v) is 25.4. The Kier molecular flexibility index (Phi) is 15.8. The van der Waals surface area contributed by atoms with E-state index in [0.717, 1.165) is 62.5 Å². The first kappa shape index (κ1) is 34.1. The second-order valence-electron chi connectivity index (χ2n) is 13.2. The summed E-state index contributed by atoms with van der Waals surface area (Å²) < 4.78 is 0. The first-order chi connectivity index (χ1) is 17.8. The summed E-state index contributed by atoms with van der Waals surface area (Å²) in [6.45, 7) is 18.0. The van der Waals surface area contributed by atoms with Crippen LogP contribution in [0, 0.1) is 10.8 Å². The largest absolute Gasteiger partial charge is 0.342 e. The lowest BCUT2D eigenvalue weighted by Crippen LogP contribution is -2.14. The Bertz CT molecular complexity index is 738. The maximum absolute atomic E-state index is 12.0. The Hall–Kier alpha value is -1.92. The summed E-state index contributed by atoms with van der Waals surface area (Å²) in [6.07, 6.45) is 8.95. The molecule has 1 aromatic carbocycles. The van der Waals surface area contributed by atoms with Crippen LogP contribution in [0.15, 0.2) is 24.3 Å². The van der Waals surface area contributed by atoms with Gasteiger partial charge in [0.05, 0.1) is 0 Å². The Labute approximate surface area is 232 Å². The van der Waals surface area contributed by atoms with Crippen LogP contribution in [0.3, 0.4) is 0 Å². The SMILES string of the molecule is CC(COOC(=O)CCCCCC(C)(C)C)c1ccccc1C(C)COOC(=O)CCCCCC(C)(C)C. The van der Waals surface area contributed by atoms with Crippen molar-refractivity contribution in [3.63, 3.8) is 0 Å². The third-order valence-corrected chi connectivity index (χ3v) is 6.61. The van der Waals surface area contributed by atoms with Crippen LogP contribution in [0.4, 0.5) is 0 Å². The molecule has 2 unspecified atom stereocenters. The van der Waals surface area contributed by atoms with E-state index in [1.165, 1.54) is 0 Å². The molecule has 0 radical (unpaired) electrons. The van der Waals surface area contributed by atoms with Crippen molar-refractivity contribution in [2.45, 2.75) is 131 Å². The molecule has 218 valence electrons. The fourth-order valence-corrected chi connectivity index (χ4v) is 4.28. The summed E-state index contributed by atoms with van der Waals surface area (Å²) >= 11 is 0. The highest BCUT2D eigenvalue weighted by Gasteiger charge is 2.18. The molecule has 0 aliphatic carbocycles. The number of rotatable bonds is 18. The van der Waals surface area contributed by atoms with Crippen molar-refractivity contribution in [1.82, 2.24) is 0 Å². The van der Waals surface area contributed by atoms with Gasteiger partial charge in [0.1, 0.15) is 13.2 Å². The molecule has 0 aromatic heterocycles. The third-order valence-electron chi connectivity index (χ3n) is 6.61. The summed E-state index contributed by atoms with van der Waals surface area (Å²) in [7, 11) is 0. The average Bonchev–Trinajstić information content (AvgIpc) is 2.82. The summed E-state index contributed by atoms with van der Waals surface area (Å²) in [5, 5.41) is 0. The lowest BCUT2D eigenvalue weighted by Gasteiger charge is -2.20. The Morgan fingerprint density at radius 3 is 1.34 bits per heavy atom. The molecule has 0 bridgehead atoms. The highest BCUT2D eigenvalue weighted by atomic mass is 17.2. The zero-order valence-electron chi connectivity index (χ0n) is 25.4. The van der Waals surface area contributed by atoms with Crippen molar-refractivity contribution in [2.24, 2.45) is 10.8 Å². The third kappa shape index (κ3) is 16.8. The second-order valence-corrected chi connectivity index (χ2v) is 13.2. The van der Waals surface area contributed by atoms with Crippen molar-refractivity contribution in [3.8, 4) is 0 Å². The fraction of sp³-hybridized carbons (Fsp3) is 0.750. The maximum Gasteiger partial charge on any atom is 0.342 e. The van der Waals surface area contributed by atoms with Crippen molar-refractivity contribution in [1.29, 1.82) is 0 Å². The molecule has 6 heteroatoms. The van der Waals surface area contributed by atoms with Crippen molar-refractivity contribution in [2.75, 3.05) is 13.2 Å². The molecule has 1 rings (SSSR count). The van der Waals surface area contributed by atoms with Gasteiger partial charge in [0, 0.05) is 24.7 Å². The molecule has 1 aromatic rings. The van der Waals surface area contributed by atoms with E-state index in [0.29, 0.717) is 23.7 Å². The van der Waals surface area contributed by atoms with Crippen LogP contribution in [-0.2, 0) is 29.1 Å². The van der Waals surface area contributed by atoms with Crippen LogP contribution in [0.2, 0.25) is 0 Å². The van der Waals surface area contributed by atoms with E-state index in [1.54, 1.807) is 0 Å². The second kappa shape index (κ2) is 17.6. The predicted octanol–water partition coefficient (Wildman–Crippen LogP) is 8.84. The lowest BCUT2D eigenvalue weighted by atomic mass is 9.89. The number of hydrogen-bond donors (Lipinski definition) is 0. The molecule has 0 heterocycles. The molecular weight excluding hydrogens is 480 g/mol. The standard InChI is InChI=1S/C32H54O6/c1-25(23-35-37-29(33)19-11-9-15-21-31(3,4)5)27-17-13-14-18-28(27)26(2)24-36-38-30(34)20-12-10-16-22-32(6,7)8/h13-14,17-18,25-26H,9-12,15-16,19-24H2,1-8H3. The minimum absolute atomic E-state index is 0.0175. The Morgan fingerprint density at radius 1 is 0.632 bits per heavy atom. The van der Waals surface area contributed by atoms with Crippen molar-refractivity contribution in [3.05, 3.63) is 35.4 Å². The molecule has 0 N–H and O–H groups in total. The van der Waals surface area contributed by atoms with Crippen molar-refractivity contribution >= 4 is 11.9 Å². The van der Waals surface area contributed by atoms with Gasteiger partial charge in [-0.2, -0.15) is 9.78 Å². The molecule has 2 atom stereocenters. The molecule has 0 saturated heterocycles. The predicted molar refractivity (Wildman–Crippen MR) is 152 cm³/mol. The first-order valence-corrected chi connectivity index (χ1v) is 14.5. The quantitative estimate of drug-likeness (QED) is 0.106. The minimum atomic E-state index is -0.320. The van der Waals surface area contributed by atoms with Crippen molar-refractivity contribution < 1.29 is 29.1 Å². The van der Waals surface area contributed by atoms with Gasteiger partial charge >= 0.3 is 11.9 Å². The Morgan fingerprint density at radius 2 is 1.00 bits per heavy atom. The molecule has 0 aliphatic heterocycles. The topological polar surface area (TPSA) is 71.1 Å². The molecule has 0 spiro atoms. The monoisotopic (exact) mass is 534 g/mol. The van der Waals surface area contributed by atoms with Gasteiger partial charge in [-0.1, -0.05) is 105 Å². The summed E-state index contributed by atoms with van der Waals surface area (Å²) in [5.41, 5.74) is 2.84. The number of carbonyl (C=O) groups excluding carboxylic acids is 2. The number of hydrogen-bond acceptors (Lipinski definition) is 6. The highest BCUT2D eigenvalue weighted by Crippen LogP contribution is 2.27. The van der Waals surface area contributed by atoms with Gasteiger partial charge in [-0.3, -0.25) is 9.78 Å². The van der Waals surface area contributed by atoms with Crippen LogP contribution in [0.5, 0.6) is 0 Å². The van der Waals surface area contributed by atoms with Crippen LogP contribution in [0.25, 0.3) is 0 Å². The molecule has 6 nitrogen and oxygen atoms in total. The van der Waals surface area contributed by atoms with E-state index < -0.39 is 0 Å². The van der Waals surface area contributed by atoms with Gasteiger partial charge < -0.3 is 0 Å². The van der Waals surface area contributed by atoms with Gasteiger partial charge in [0.25, 0.3) is 0 Å². The van der Waals surface area contributed by atoms with Crippen LogP contribution in [-0.4, -0.2) is 25.2 Å². The molecule has 0 fully saturated rings. The summed E-state index contributed by atoms with van der Waals surface area (Å²) in [4.78, 5) is 44.6. The number of benzene rings is 1. The van der Waals surface area contributed by atoms with E-state index in [1.807, 2.05) is 38.1 Å². The fourth-order valence-electron chi connectivity index (χ4n) is 4.28. The normalized spacial score (nSPS) is 13.7. The average molecular weight is 535 g/mol. The molecule has 0 saturated carbocycles. The molecule has 0 aliphatic rings. The van der Waals surface area contributed by atoms with Crippen LogP contribution >= 0.6 is 0 Å². The summed E-state index contributed by atoms with van der Waals surface area (Å²) in [6, 6.07) is 8.04. The van der Waals surface area contributed by atoms with Gasteiger partial charge in [0.15, 0.2) is 0 Å². The lowest BCUT2D eigenvalue weighted by molar-refractivity contribution is -0.275. The smallest absolute Gasteiger partial charge is 0.298 e. The molecule has 38 heavy (non-hydrogen) atoms. The van der Waals surface area contributed by atoms with Gasteiger partial charge in [-0.05, 0) is 47.6 Å². The van der Waals surface area contributed by atoms with Gasteiger partial charge in [0.2, 0.25) is 0 Å². The maximum atomic E-state index is 12.0. The highest BCUT2D eigenvalue weighted by molar-refractivity contribution is 5.68. The zero-order chi connectivity index (χ0) is 28.6. The van der Waals surface area contributed by atoms with E-state index >= 15 is 0 Å². The van der Waals surface area contributed by atoms with Crippen LogP contribution < -0.4 is 0 Å². The minimum Gasteiger partial charge on any atom is -0.298 e. The van der Waals surface area contributed by atoms with E-state index in [9.17, 15) is 9.59 Å². The first-order valence-electron chi connectivity index (χ1n) is 14.5. The van der Waals surface area contributed by atoms with Gasteiger partial charge in [-0.15, -0.1) is 0 Å². The van der Waals surface area contributed by atoms with E-state index in [4.69, 9.17) is 19.6 Å². The van der Waals surface area contributed by atoms with Crippen LogP contribution in [0.1, 0.15) is 143 Å². The summed E-state index contributed by atoms with van der Waals surface area (Å²) in [5.74, 6) is -0.606. The molecule has 0 amide bonds. The number of carbonyl (C=O) groups is 2. The van der Waals surface area contributed by atoms with E-state index in [-0.39, 0.29) is 37.0 Å².